The van der Waals surface area contributed by atoms with Gasteiger partial charge in [0.25, 0.3) is 10.1 Å². The molecule has 0 radical (unpaired) electrons. The molecule has 5 heteroatoms. The third-order valence-electron chi connectivity index (χ3n) is 2.68. The predicted octanol–water partition coefficient (Wildman–Crippen LogP) is 3.07. The van der Waals surface area contributed by atoms with E-state index in [-0.39, 0.29) is 11.5 Å². The van der Waals surface area contributed by atoms with E-state index in [1.807, 2.05) is 13.0 Å². The van der Waals surface area contributed by atoms with Crippen molar-refractivity contribution in [3.05, 3.63) is 42.5 Å². The largest absolute Gasteiger partial charge is 0.381 e. The van der Waals surface area contributed by atoms with Crippen LogP contribution in [0.5, 0.6) is 0 Å². The predicted molar refractivity (Wildman–Crippen MR) is 79.2 cm³/mol. The summed E-state index contributed by atoms with van der Waals surface area (Å²) in [5.41, 5.74) is 1.01. The van der Waals surface area contributed by atoms with E-state index in [1.165, 1.54) is 0 Å². The molecule has 1 aromatic carbocycles. The van der Waals surface area contributed by atoms with Crippen molar-refractivity contribution < 1.29 is 17.3 Å². The van der Waals surface area contributed by atoms with E-state index in [0.717, 1.165) is 18.4 Å². The van der Waals surface area contributed by atoms with Gasteiger partial charge in [-0.25, -0.2) is 0 Å². The average Bonchev–Trinajstić information content (AvgIpc) is 2.42. The second kappa shape index (κ2) is 8.89. The van der Waals surface area contributed by atoms with Gasteiger partial charge in [0.2, 0.25) is 0 Å². The first kappa shape index (κ1) is 16.9. The van der Waals surface area contributed by atoms with Gasteiger partial charge in [0.15, 0.2) is 0 Å². The third-order valence-corrected chi connectivity index (χ3v) is 4.00. The number of unbranched alkanes of at least 4 members (excludes halogenated alkanes) is 1. The maximum Gasteiger partial charge on any atom is 0.296 e. The molecular weight excluding hydrogens is 276 g/mol. The lowest BCUT2D eigenvalue weighted by atomic mass is 10.2. The van der Waals surface area contributed by atoms with Crippen molar-refractivity contribution in [2.24, 2.45) is 0 Å². The Labute approximate surface area is 121 Å². The van der Waals surface area contributed by atoms with Crippen LogP contribution in [0.25, 0.3) is 0 Å². The molecule has 0 aliphatic heterocycles. The second-order valence-corrected chi connectivity index (χ2v) is 6.10. The lowest BCUT2D eigenvalue weighted by molar-refractivity contribution is 0.119. The standard InChI is InChI=1S/C15H22O4S/c1-3-4-5-11-18-12-6-13-19-20(16,17)15-9-7-14(2)8-10-15/h3,7-10H,1,4-6,11-13H2,2H3. The minimum Gasteiger partial charge on any atom is -0.381 e. The molecule has 0 aromatic heterocycles. The van der Waals surface area contributed by atoms with Crippen molar-refractivity contribution >= 4 is 10.1 Å². The van der Waals surface area contributed by atoms with Gasteiger partial charge in [-0.3, -0.25) is 4.18 Å². The van der Waals surface area contributed by atoms with Gasteiger partial charge >= 0.3 is 0 Å². The van der Waals surface area contributed by atoms with E-state index < -0.39 is 10.1 Å². The van der Waals surface area contributed by atoms with Crippen molar-refractivity contribution in [3.8, 4) is 0 Å². The minimum atomic E-state index is -3.65. The number of aryl methyl sites for hydroxylation is 1. The van der Waals surface area contributed by atoms with Crippen molar-refractivity contribution in [3.63, 3.8) is 0 Å². The van der Waals surface area contributed by atoms with Gasteiger partial charge < -0.3 is 4.74 Å². The Morgan fingerprint density at radius 2 is 1.75 bits per heavy atom. The quantitative estimate of drug-likeness (QED) is 0.378. The second-order valence-electron chi connectivity index (χ2n) is 4.49. The zero-order chi connectivity index (χ0) is 14.8. The molecule has 0 fully saturated rings. The molecule has 1 aromatic rings. The van der Waals surface area contributed by atoms with Gasteiger partial charge in [-0.2, -0.15) is 8.42 Å². The first-order valence-corrected chi connectivity index (χ1v) is 8.12. The van der Waals surface area contributed by atoms with Crippen molar-refractivity contribution in [2.75, 3.05) is 19.8 Å². The molecule has 112 valence electrons. The molecule has 0 atom stereocenters. The number of ether oxygens (including phenoxy) is 1. The van der Waals surface area contributed by atoms with Crippen LogP contribution in [0.2, 0.25) is 0 Å². The summed E-state index contributed by atoms with van der Waals surface area (Å²) in [5.74, 6) is 0. The molecule has 0 saturated carbocycles. The van der Waals surface area contributed by atoms with E-state index in [0.29, 0.717) is 19.6 Å². The van der Waals surface area contributed by atoms with E-state index in [2.05, 4.69) is 6.58 Å². The average molecular weight is 298 g/mol. The van der Waals surface area contributed by atoms with Gasteiger partial charge in [-0.05, 0) is 38.3 Å². The summed E-state index contributed by atoms with van der Waals surface area (Å²) in [6.45, 7) is 6.83. The lowest BCUT2D eigenvalue weighted by Gasteiger charge is -2.06. The fraction of sp³-hybridized carbons (Fsp3) is 0.467. The number of rotatable bonds is 10. The van der Waals surface area contributed by atoms with Crippen LogP contribution in [0.15, 0.2) is 41.8 Å². The molecule has 1 rings (SSSR count). The highest BCUT2D eigenvalue weighted by Gasteiger charge is 2.14. The van der Waals surface area contributed by atoms with Crippen molar-refractivity contribution in [2.45, 2.75) is 31.1 Å². The van der Waals surface area contributed by atoms with Crippen LogP contribution >= 0.6 is 0 Å². The Hall–Kier alpha value is -1.17. The Balaban J connectivity index is 2.23. The molecule has 20 heavy (non-hydrogen) atoms. The molecule has 0 saturated heterocycles. The summed E-state index contributed by atoms with van der Waals surface area (Å²) in [4.78, 5) is 0.190. The van der Waals surface area contributed by atoms with E-state index >= 15 is 0 Å². The molecule has 0 spiro atoms. The molecule has 0 N–H and O–H groups in total. The van der Waals surface area contributed by atoms with Gasteiger partial charge in [-0.1, -0.05) is 23.8 Å². The van der Waals surface area contributed by atoms with Gasteiger partial charge in [-0.15, -0.1) is 6.58 Å². The lowest BCUT2D eigenvalue weighted by Crippen LogP contribution is -2.09. The highest BCUT2D eigenvalue weighted by molar-refractivity contribution is 7.86. The molecule has 0 amide bonds. The van der Waals surface area contributed by atoms with Gasteiger partial charge in [0.05, 0.1) is 11.5 Å². The highest BCUT2D eigenvalue weighted by atomic mass is 32.2. The zero-order valence-electron chi connectivity index (χ0n) is 11.9. The fourth-order valence-corrected chi connectivity index (χ4v) is 2.48. The Morgan fingerprint density at radius 1 is 1.10 bits per heavy atom. The molecule has 0 aliphatic carbocycles. The maximum atomic E-state index is 11.8. The summed E-state index contributed by atoms with van der Waals surface area (Å²) < 4.78 is 34.0. The van der Waals surface area contributed by atoms with Crippen molar-refractivity contribution in [1.29, 1.82) is 0 Å². The summed E-state index contributed by atoms with van der Waals surface area (Å²) in [6.07, 6.45) is 4.27. The van der Waals surface area contributed by atoms with Crippen LogP contribution in [-0.2, 0) is 19.0 Å². The first-order valence-electron chi connectivity index (χ1n) is 6.71. The monoisotopic (exact) mass is 298 g/mol. The van der Waals surface area contributed by atoms with Crippen LogP contribution in [-0.4, -0.2) is 28.2 Å². The topological polar surface area (TPSA) is 52.6 Å². The van der Waals surface area contributed by atoms with Crippen LogP contribution in [0.3, 0.4) is 0 Å². The summed E-state index contributed by atoms with van der Waals surface area (Å²) in [6, 6.07) is 6.60. The number of allylic oxidation sites excluding steroid dienone is 1. The Morgan fingerprint density at radius 3 is 2.40 bits per heavy atom. The highest BCUT2D eigenvalue weighted by Crippen LogP contribution is 2.13. The summed E-state index contributed by atoms with van der Waals surface area (Å²) in [7, 11) is -3.65. The number of hydrogen-bond donors (Lipinski definition) is 0. The zero-order valence-corrected chi connectivity index (χ0v) is 12.7. The molecule has 0 heterocycles. The first-order chi connectivity index (χ1) is 9.56. The minimum absolute atomic E-state index is 0.137. The Kier molecular flexibility index (Phi) is 7.51. The normalized spacial score (nSPS) is 11.4. The van der Waals surface area contributed by atoms with Gasteiger partial charge in [0.1, 0.15) is 0 Å². The fourth-order valence-electron chi connectivity index (χ4n) is 1.53. The van der Waals surface area contributed by atoms with E-state index in [1.54, 1.807) is 24.3 Å². The van der Waals surface area contributed by atoms with Crippen LogP contribution < -0.4 is 0 Å². The van der Waals surface area contributed by atoms with Crippen LogP contribution in [0.4, 0.5) is 0 Å². The molecule has 4 nitrogen and oxygen atoms in total. The van der Waals surface area contributed by atoms with Crippen LogP contribution in [0.1, 0.15) is 24.8 Å². The molecular formula is C15H22O4S. The molecule has 0 unspecified atom stereocenters. The number of benzene rings is 1. The maximum absolute atomic E-state index is 11.8. The van der Waals surface area contributed by atoms with Crippen LogP contribution in [0, 0.1) is 6.92 Å². The smallest absolute Gasteiger partial charge is 0.296 e. The van der Waals surface area contributed by atoms with E-state index in [4.69, 9.17) is 8.92 Å². The van der Waals surface area contributed by atoms with E-state index in [9.17, 15) is 8.42 Å². The molecule has 0 aliphatic rings. The summed E-state index contributed by atoms with van der Waals surface area (Å²) in [5, 5.41) is 0. The molecule has 0 bridgehead atoms. The Bertz CT molecular complexity index is 491. The number of hydrogen-bond acceptors (Lipinski definition) is 4. The third kappa shape index (κ3) is 6.32. The van der Waals surface area contributed by atoms with Gasteiger partial charge in [0, 0.05) is 13.2 Å². The van der Waals surface area contributed by atoms with Crippen molar-refractivity contribution in [1.82, 2.24) is 0 Å². The summed E-state index contributed by atoms with van der Waals surface area (Å²) >= 11 is 0. The SMILES string of the molecule is C=CCCCOCCCOS(=O)(=O)c1ccc(C)cc1.